The van der Waals surface area contributed by atoms with E-state index in [4.69, 9.17) is 9.15 Å². The quantitative estimate of drug-likeness (QED) is 0.553. The number of hydrogen-bond acceptors (Lipinski definition) is 7. The Labute approximate surface area is 144 Å². The Balaban J connectivity index is 1.97. The normalized spacial score (nSPS) is 12.0. The summed E-state index contributed by atoms with van der Waals surface area (Å²) in [5, 5.41) is 8.79. The van der Waals surface area contributed by atoms with Crippen molar-refractivity contribution in [3.63, 3.8) is 0 Å². The van der Waals surface area contributed by atoms with Gasteiger partial charge < -0.3 is 14.1 Å². The summed E-state index contributed by atoms with van der Waals surface area (Å²) in [6, 6.07) is 3.57. The first-order valence-electron chi connectivity index (χ1n) is 7.44. The van der Waals surface area contributed by atoms with Crippen LogP contribution < -0.4 is 0 Å². The minimum Gasteiger partial charge on any atom is -0.461 e. The molecule has 0 saturated heterocycles. The SMILES string of the molecule is CCn1c(SCC(=O)O[C@H](C)C(=O)N(C)C)nnc1-c1ccco1. The van der Waals surface area contributed by atoms with Crippen LogP contribution in [0.1, 0.15) is 13.8 Å². The number of hydrogen-bond donors (Lipinski definition) is 0. The van der Waals surface area contributed by atoms with Crippen LogP contribution in [0.4, 0.5) is 0 Å². The number of nitrogens with zero attached hydrogens (tertiary/aromatic N) is 4. The van der Waals surface area contributed by atoms with Crippen LogP contribution in [0.25, 0.3) is 11.6 Å². The molecule has 0 aliphatic rings. The molecule has 0 aliphatic carbocycles. The van der Waals surface area contributed by atoms with Crippen LogP contribution in [0.5, 0.6) is 0 Å². The third kappa shape index (κ3) is 4.16. The van der Waals surface area contributed by atoms with E-state index in [1.54, 1.807) is 39.4 Å². The Bertz CT molecular complexity index is 696. The topological polar surface area (TPSA) is 90.5 Å². The second-order valence-corrected chi connectivity index (χ2v) is 6.12. The lowest BCUT2D eigenvalue weighted by atomic mass is 10.3. The fourth-order valence-electron chi connectivity index (χ4n) is 2.04. The van der Waals surface area contributed by atoms with Crippen molar-refractivity contribution in [2.45, 2.75) is 31.7 Å². The highest BCUT2D eigenvalue weighted by atomic mass is 32.2. The van der Waals surface area contributed by atoms with E-state index < -0.39 is 12.1 Å². The summed E-state index contributed by atoms with van der Waals surface area (Å²) in [5.41, 5.74) is 0. The average molecular weight is 352 g/mol. The second kappa shape index (κ2) is 8.00. The number of rotatable bonds is 7. The summed E-state index contributed by atoms with van der Waals surface area (Å²) in [7, 11) is 3.22. The number of likely N-dealkylation sites (N-methyl/N-ethyl adjacent to an activating group) is 1. The fourth-order valence-corrected chi connectivity index (χ4v) is 2.82. The number of ether oxygens (including phenoxy) is 1. The number of carbonyl (C=O) groups is 2. The molecule has 8 nitrogen and oxygen atoms in total. The molecule has 0 aromatic carbocycles. The largest absolute Gasteiger partial charge is 0.461 e. The van der Waals surface area contributed by atoms with Gasteiger partial charge >= 0.3 is 5.97 Å². The number of esters is 1. The lowest BCUT2D eigenvalue weighted by Crippen LogP contribution is -2.35. The summed E-state index contributed by atoms with van der Waals surface area (Å²) in [6.07, 6.45) is 0.757. The van der Waals surface area contributed by atoms with E-state index in [2.05, 4.69) is 10.2 Å². The van der Waals surface area contributed by atoms with Gasteiger partial charge in [0.15, 0.2) is 22.8 Å². The predicted molar refractivity (Wildman–Crippen MR) is 88.4 cm³/mol. The summed E-state index contributed by atoms with van der Waals surface area (Å²) < 4.78 is 12.3. The first-order valence-corrected chi connectivity index (χ1v) is 8.43. The molecule has 2 rings (SSSR count). The second-order valence-electron chi connectivity index (χ2n) is 5.18. The number of thioether (sulfide) groups is 1. The fraction of sp³-hybridized carbons (Fsp3) is 0.467. The smallest absolute Gasteiger partial charge is 0.317 e. The van der Waals surface area contributed by atoms with Crippen LogP contribution >= 0.6 is 11.8 Å². The van der Waals surface area contributed by atoms with Crippen LogP contribution in [0.2, 0.25) is 0 Å². The third-order valence-electron chi connectivity index (χ3n) is 3.19. The van der Waals surface area contributed by atoms with Crippen LogP contribution in [-0.2, 0) is 20.9 Å². The maximum Gasteiger partial charge on any atom is 0.317 e. The third-order valence-corrected chi connectivity index (χ3v) is 4.13. The highest BCUT2D eigenvalue weighted by Gasteiger charge is 2.21. The van der Waals surface area contributed by atoms with E-state index in [0.717, 1.165) is 0 Å². The molecule has 9 heteroatoms. The minimum absolute atomic E-state index is 0.0430. The Kier molecular flexibility index (Phi) is 6.02. The monoisotopic (exact) mass is 352 g/mol. The first kappa shape index (κ1) is 18.1. The highest BCUT2D eigenvalue weighted by Crippen LogP contribution is 2.24. The van der Waals surface area contributed by atoms with Gasteiger partial charge in [0.05, 0.1) is 12.0 Å². The van der Waals surface area contributed by atoms with Crippen molar-refractivity contribution < 1.29 is 18.7 Å². The molecule has 0 unspecified atom stereocenters. The van der Waals surface area contributed by atoms with Gasteiger partial charge in [-0.2, -0.15) is 0 Å². The molecular formula is C15H20N4O4S. The van der Waals surface area contributed by atoms with Gasteiger partial charge in [0.1, 0.15) is 0 Å². The standard InChI is InChI=1S/C15H20N4O4S/c1-5-19-13(11-7-6-8-22-11)16-17-15(19)24-9-12(20)23-10(2)14(21)18(3)4/h6-8,10H,5,9H2,1-4H3/t10-/m1/s1. The maximum atomic E-state index is 11.9. The number of aromatic nitrogens is 3. The van der Waals surface area contributed by atoms with E-state index in [1.807, 2.05) is 11.5 Å². The molecule has 130 valence electrons. The van der Waals surface area contributed by atoms with Gasteiger partial charge in [0.2, 0.25) is 0 Å². The molecular weight excluding hydrogens is 332 g/mol. The zero-order valence-corrected chi connectivity index (χ0v) is 14.9. The van der Waals surface area contributed by atoms with Crippen molar-refractivity contribution >= 4 is 23.6 Å². The molecule has 2 aromatic rings. The average Bonchev–Trinajstić information content (AvgIpc) is 3.20. The van der Waals surface area contributed by atoms with Gasteiger partial charge in [-0.15, -0.1) is 10.2 Å². The van der Waals surface area contributed by atoms with Crippen LogP contribution in [0, 0.1) is 0 Å². The van der Waals surface area contributed by atoms with Crippen molar-refractivity contribution in [3.05, 3.63) is 18.4 Å². The molecule has 0 bridgehead atoms. The molecule has 0 saturated carbocycles. The van der Waals surface area contributed by atoms with Crippen molar-refractivity contribution in [3.8, 4) is 11.6 Å². The summed E-state index contributed by atoms with van der Waals surface area (Å²) in [4.78, 5) is 25.0. The van der Waals surface area contributed by atoms with Gasteiger partial charge in [-0.3, -0.25) is 14.2 Å². The molecule has 0 N–H and O–H groups in total. The van der Waals surface area contributed by atoms with Crippen molar-refractivity contribution in [2.75, 3.05) is 19.8 Å². The molecule has 0 fully saturated rings. The first-order chi connectivity index (χ1) is 11.4. The summed E-state index contributed by atoms with van der Waals surface area (Å²) in [6.45, 7) is 4.14. The number of carbonyl (C=O) groups excluding carboxylic acids is 2. The number of furan rings is 1. The van der Waals surface area contributed by atoms with Gasteiger partial charge in [0.25, 0.3) is 5.91 Å². The van der Waals surface area contributed by atoms with Crippen molar-refractivity contribution in [1.29, 1.82) is 0 Å². The minimum atomic E-state index is -0.809. The van der Waals surface area contributed by atoms with Crippen molar-refractivity contribution in [1.82, 2.24) is 19.7 Å². The van der Waals surface area contributed by atoms with Gasteiger partial charge in [-0.1, -0.05) is 11.8 Å². The van der Waals surface area contributed by atoms with Gasteiger partial charge in [-0.05, 0) is 26.0 Å². The van der Waals surface area contributed by atoms with Gasteiger partial charge in [-0.25, -0.2) is 0 Å². The van der Waals surface area contributed by atoms with Gasteiger partial charge in [0, 0.05) is 20.6 Å². The van der Waals surface area contributed by atoms with E-state index in [1.165, 1.54) is 16.7 Å². The van der Waals surface area contributed by atoms with E-state index in [-0.39, 0.29) is 11.7 Å². The lowest BCUT2D eigenvalue weighted by Gasteiger charge is -2.17. The Morgan fingerprint density at radius 2 is 2.17 bits per heavy atom. The predicted octanol–water partition coefficient (Wildman–Crippen LogP) is 1.67. The van der Waals surface area contributed by atoms with Crippen LogP contribution in [0.15, 0.2) is 28.0 Å². The van der Waals surface area contributed by atoms with Crippen LogP contribution in [0.3, 0.4) is 0 Å². The zero-order valence-electron chi connectivity index (χ0n) is 14.1. The number of amides is 1. The highest BCUT2D eigenvalue weighted by molar-refractivity contribution is 7.99. The Hall–Kier alpha value is -2.29. The molecule has 0 aliphatic heterocycles. The van der Waals surface area contributed by atoms with Crippen LogP contribution in [-0.4, -0.2) is 57.5 Å². The molecule has 1 atom stereocenters. The Morgan fingerprint density at radius 3 is 2.75 bits per heavy atom. The lowest BCUT2D eigenvalue weighted by molar-refractivity contribution is -0.155. The van der Waals surface area contributed by atoms with E-state index in [0.29, 0.717) is 23.3 Å². The molecule has 0 spiro atoms. The molecule has 1 amide bonds. The Morgan fingerprint density at radius 1 is 1.42 bits per heavy atom. The maximum absolute atomic E-state index is 11.9. The molecule has 0 radical (unpaired) electrons. The molecule has 2 heterocycles. The zero-order chi connectivity index (χ0) is 17.7. The molecule has 24 heavy (non-hydrogen) atoms. The summed E-state index contributed by atoms with van der Waals surface area (Å²) in [5.74, 6) is 0.526. The van der Waals surface area contributed by atoms with E-state index >= 15 is 0 Å². The summed E-state index contributed by atoms with van der Waals surface area (Å²) >= 11 is 1.21. The van der Waals surface area contributed by atoms with E-state index in [9.17, 15) is 9.59 Å². The molecule has 2 aromatic heterocycles. The van der Waals surface area contributed by atoms with Crippen molar-refractivity contribution in [2.24, 2.45) is 0 Å².